The van der Waals surface area contributed by atoms with E-state index in [0.29, 0.717) is 25.6 Å². The number of sulfone groups is 1. The van der Waals surface area contributed by atoms with Gasteiger partial charge in [0.1, 0.15) is 9.84 Å². The van der Waals surface area contributed by atoms with E-state index >= 15 is 0 Å². The number of carbonyl (C=O) groups is 1. The molecule has 7 nitrogen and oxygen atoms in total. The lowest BCUT2D eigenvalue weighted by molar-refractivity contribution is -0.145. The first-order chi connectivity index (χ1) is 9.78. The molecule has 0 amide bonds. The fraction of sp³-hybridized carbons (Fsp3) is 0.846. The summed E-state index contributed by atoms with van der Waals surface area (Å²) in [4.78, 5) is 18.0. The summed E-state index contributed by atoms with van der Waals surface area (Å²) < 4.78 is 27.1. The molecule has 0 aliphatic carbocycles. The smallest absolute Gasteiger partial charge is 0.310 e. The van der Waals surface area contributed by atoms with E-state index in [1.54, 1.807) is 0 Å². The number of ether oxygens (including phenoxy) is 1. The molecule has 0 bridgehead atoms. The number of aliphatic imine (C=N–C) groups is 1. The molecule has 1 aliphatic rings. The van der Waals surface area contributed by atoms with Crippen molar-refractivity contribution in [3.05, 3.63) is 0 Å². The Morgan fingerprint density at radius 1 is 1.43 bits per heavy atom. The van der Waals surface area contributed by atoms with Gasteiger partial charge in [-0.15, -0.1) is 0 Å². The minimum absolute atomic E-state index is 0.0196. The van der Waals surface area contributed by atoms with Crippen molar-refractivity contribution in [3.63, 3.8) is 0 Å². The average Bonchev–Trinajstić information content (AvgIpc) is 2.77. The Kier molecular flexibility index (Phi) is 6.44. The standard InChI is InChI=1S/C13H25N3O4S/c1-5-14-13(15-6-7-21(4,18)19)16-8-10(2)11(9-16)12(17)20-3/h10-11H,5-9H2,1-4H3,(H,14,15). The van der Waals surface area contributed by atoms with Gasteiger partial charge in [0, 0.05) is 25.9 Å². The van der Waals surface area contributed by atoms with Crippen LogP contribution in [-0.4, -0.2) is 70.5 Å². The predicted molar refractivity (Wildman–Crippen MR) is 81.9 cm³/mol. The molecule has 1 heterocycles. The molecule has 2 atom stereocenters. The van der Waals surface area contributed by atoms with Crippen LogP contribution < -0.4 is 5.32 Å². The van der Waals surface area contributed by atoms with Crippen LogP contribution in [0.5, 0.6) is 0 Å². The van der Waals surface area contributed by atoms with Gasteiger partial charge in [-0.05, 0) is 12.8 Å². The molecule has 1 fully saturated rings. The van der Waals surface area contributed by atoms with Crippen LogP contribution in [0.15, 0.2) is 4.99 Å². The van der Waals surface area contributed by atoms with Gasteiger partial charge in [0.05, 0.1) is 25.3 Å². The number of hydrogen-bond acceptors (Lipinski definition) is 5. The second-order valence-electron chi connectivity index (χ2n) is 5.38. The Hall–Kier alpha value is -1.31. The largest absolute Gasteiger partial charge is 0.469 e. The summed E-state index contributed by atoms with van der Waals surface area (Å²) >= 11 is 0. The zero-order chi connectivity index (χ0) is 16.0. The highest BCUT2D eigenvalue weighted by molar-refractivity contribution is 7.90. The highest BCUT2D eigenvalue weighted by Crippen LogP contribution is 2.24. The van der Waals surface area contributed by atoms with Crippen molar-refractivity contribution in [2.24, 2.45) is 16.8 Å². The van der Waals surface area contributed by atoms with E-state index in [1.807, 2.05) is 18.7 Å². The van der Waals surface area contributed by atoms with Gasteiger partial charge in [-0.25, -0.2) is 8.42 Å². The number of likely N-dealkylation sites (tertiary alicyclic amines) is 1. The number of carbonyl (C=O) groups excluding carboxylic acids is 1. The van der Waals surface area contributed by atoms with Crippen molar-refractivity contribution in [2.45, 2.75) is 13.8 Å². The van der Waals surface area contributed by atoms with E-state index in [0.717, 1.165) is 0 Å². The van der Waals surface area contributed by atoms with Crippen molar-refractivity contribution in [1.29, 1.82) is 0 Å². The Morgan fingerprint density at radius 2 is 2.10 bits per heavy atom. The second-order valence-corrected chi connectivity index (χ2v) is 7.64. The van der Waals surface area contributed by atoms with Crippen LogP contribution in [-0.2, 0) is 19.4 Å². The summed E-state index contributed by atoms with van der Waals surface area (Å²) in [6, 6.07) is 0. The lowest BCUT2D eigenvalue weighted by atomic mass is 9.99. The molecule has 2 unspecified atom stereocenters. The summed E-state index contributed by atoms with van der Waals surface area (Å²) in [6.45, 7) is 6.09. The number of esters is 1. The molecule has 0 aromatic carbocycles. The zero-order valence-electron chi connectivity index (χ0n) is 13.1. The van der Waals surface area contributed by atoms with Gasteiger partial charge in [-0.3, -0.25) is 9.79 Å². The zero-order valence-corrected chi connectivity index (χ0v) is 13.9. The van der Waals surface area contributed by atoms with Crippen LogP contribution >= 0.6 is 0 Å². The maximum Gasteiger partial charge on any atom is 0.310 e. The third kappa shape index (κ3) is 5.53. The fourth-order valence-corrected chi connectivity index (χ4v) is 2.76. The van der Waals surface area contributed by atoms with Crippen LogP contribution in [0.2, 0.25) is 0 Å². The van der Waals surface area contributed by atoms with Crippen LogP contribution in [0, 0.1) is 11.8 Å². The van der Waals surface area contributed by atoms with Crippen LogP contribution in [0.3, 0.4) is 0 Å². The molecular weight excluding hydrogens is 294 g/mol. The molecule has 0 spiro atoms. The summed E-state index contributed by atoms with van der Waals surface area (Å²) in [6.07, 6.45) is 1.20. The van der Waals surface area contributed by atoms with E-state index in [9.17, 15) is 13.2 Å². The molecule has 1 aliphatic heterocycles. The molecule has 0 saturated carbocycles. The van der Waals surface area contributed by atoms with Gasteiger partial charge in [-0.1, -0.05) is 6.92 Å². The van der Waals surface area contributed by atoms with Crippen molar-refractivity contribution >= 4 is 21.8 Å². The van der Waals surface area contributed by atoms with E-state index in [4.69, 9.17) is 4.74 Å². The van der Waals surface area contributed by atoms with Crippen LogP contribution in [0.25, 0.3) is 0 Å². The molecule has 1 N–H and O–H groups in total. The van der Waals surface area contributed by atoms with Gasteiger partial charge in [0.15, 0.2) is 5.96 Å². The lowest BCUT2D eigenvalue weighted by Crippen LogP contribution is -2.41. The van der Waals surface area contributed by atoms with Crippen molar-refractivity contribution in [2.75, 3.05) is 45.3 Å². The van der Waals surface area contributed by atoms with E-state index in [-0.39, 0.29) is 30.1 Å². The summed E-state index contributed by atoms with van der Waals surface area (Å²) in [5.74, 6) is 0.465. The molecule has 0 aromatic heterocycles. The van der Waals surface area contributed by atoms with Crippen LogP contribution in [0.1, 0.15) is 13.8 Å². The van der Waals surface area contributed by atoms with Crippen molar-refractivity contribution < 1.29 is 17.9 Å². The number of nitrogens with zero attached hydrogens (tertiary/aromatic N) is 2. The SMILES string of the molecule is CCNC(=NCCS(C)(=O)=O)N1CC(C)C(C(=O)OC)C1. The molecule has 0 aromatic rings. The lowest BCUT2D eigenvalue weighted by Gasteiger charge is -2.21. The maximum absolute atomic E-state index is 11.7. The number of hydrogen-bond donors (Lipinski definition) is 1. The summed E-state index contributed by atoms with van der Waals surface area (Å²) in [5.41, 5.74) is 0. The number of rotatable bonds is 5. The minimum Gasteiger partial charge on any atom is -0.469 e. The Morgan fingerprint density at radius 3 is 2.62 bits per heavy atom. The highest BCUT2D eigenvalue weighted by atomic mass is 32.2. The molecule has 1 saturated heterocycles. The maximum atomic E-state index is 11.7. The van der Waals surface area contributed by atoms with Gasteiger partial charge >= 0.3 is 5.97 Å². The van der Waals surface area contributed by atoms with Gasteiger partial charge in [0.25, 0.3) is 0 Å². The molecule has 1 rings (SSSR count). The normalized spacial score (nSPS) is 23.2. The Balaban J connectivity index is 2.73. The topological polar surface area (TPSA) is 88.1 Å². The number of nitrogens with one attached hydrogen (secondary N) is 1. The molecular formula is C13H25N3O4S. The molecule has 8 heteroatoms. The molecule has 21 heavy (non-hydrogen) atoms. The van der Waals surface area contributed by atoms with Gasteiger partial charge in [0.2, 0.25) is 0 Å². The molecule has 122 valence electrons. The Bertz CT molecular complexity index is 490. The number of guanidine groups is 1. The third-order valence-corrected chi connectivity index (χ3v) is 4.40. The first-order valence-corrected chi connectivity index (χ1v) is 9.13. The number of methoxy groups -OCH3 is 1. The van der Waals surface area contributed by atoms with Crippen LogP contribution in [0.4, 0.5) is 0 Å². The Labute approximate surface area is 126 Å². The first-order valence-electron chi connectivity index (χ1n) is 7.07. The van der Waals surface area contributed by atoms with E-state index in [1.165, 1.54) is 13.4 Å². The molecule has 0 radical (unpaired) electrons. The van der Waals surface area contributed by atoms with Gasteiger partial charge < -0.3 is 15.0 Å². The van der Waals surface area contributed by atoms with E-state index in [2.05, 4.69) is 10.3 Å². The van der Waals surface area contributed by atoms with Gasteiger partial charge in [-0.2, -0.15) is 0 Å². The fourth-order valence-electron chi connectivity index (χ4n) is 2.34. The average molecular weight is 319 g/mol. The quantitative estimate of drug-likeness (QED) is 0.427. The van der Waals surface area contributed by atoms with E-state index < -0.39 is 9.84 Å². The monoisotopic (exact) mass is 319 g/mol. The summed E-state index contributed by atoms with van der Waals surface area (Å²) in [5, 5.41) is 3.14. The predicted octanol–water partition coefficient (Wildman–Crippen LogP) is -0.263. The first kappa shape index (κ1) is 17.7. The highest BCUT2D eigenvalue weighted by Gasteiger charge is 2.36. The summed E-state index contributed by atoms with van der Waals surface area (Å²) in [7, 11) is -1.63. The van der Waals surface area contributed by atoms with Crippen molar-refractivity contribution in [3.8, 4) is 0 Å². The van der Waals surface area contributed by atoms with Crippen molar-refractivity contribution in [1.82, 2.24) is 10.2 Å². The third-order valence-electron chi connectivity index (χ3n) is 3.47. The minimum atomic E-state index is -3.02. The second kappa shape index (κ2) is 7.63.